The molecule has 2 heteroatoms. The highest BCUT2D eigenvalue weighted by Crippen LogP contribution is 2.38. The van der Waals surface area contributed by atoms with Gasteiger partial charge in [-0.3, -0.25) is 0 Å². The number of rotatable bonds is 7. The lowest BCUT2D eigenvalue weighted by Gasteiger charge is -2.21. The number of benzene rings is 1. The topological polar surface area (TPSA) is 21.3 Å². The van der Waals surface area contributed by atoms with Crippen LogP contribution in [0.2, 0.25) is 0 Å². The van der Waals surface area contributed by atoms with E-state index < -0.39 is 0 Å². The molecule has 1 aromatic carbocycles. The third-order valence-electron chi connectivity index (χ3n) is 4.00. The Labute approximate surface area is 117 Å². The lowest BCUT2D eigenvalue weighted by Crippen LogP contribution is -2.23. The SMILES string of the molecule is CCCNC(CC1CC1)c1cc(C)c(OC)c(C)c1. The molecule has 0 radical (unpaired) electrons. The summed E-state index contributed by atoms with van der Waals surface area (Å²) in [4.78, 5) is 0. The number of methoxy groups -OCH3 is 1. The summed E-state index contributed by atoms with van der Waals surface area (Å²) in [6, 6.07) is 5.10. The Bertz CT molecular complexity index is 400. The van der Waals surface area contributed by atoms with E-state index in [1.807, 2.05) is 0 Å². The van der Waals surface area contributed by atoms with Gasteiger partial charge in [0, 0.05) is 6.04 Å². The van der Waals surface area contributed by atoms with Crippen LogP contribution in [-0.4, -0.2) is 13.7 Å². The fourth-order valence-electron chi connectivity index (χ4n) is 2.85. The van der Waals surface area contributed by atoms with Crippen molar-refractivity contribution in [2.75, 3.05) is 13.7 Å². The summed E-state index contributed by atoms with van der Waals surface area (Å²) >= 11 is 0. The van der Waals surface area contributed by atoms with E-state index >= 15 is 0 Å². The fraction of sp³-hybridized carbons (Fsp3) is 0.647. The number of nitrogens with one attached hydrogen (secondary N) is 1. The van der Waals surface area contributed by atoms with Gasteiger partial charge in [-0.25, -0.2) is 0 Å². The summed E-state index contributed by atoms with van der Waals surface area (Å²) in [6.07, 6.45) is 5.30. The van der Waals surface area contributed by atoms with E-state index in [2.05, 4.69) is 38.2 Å². The van der Waals surface area contributed by atoms with E-state index in [4.69, 9.17) is 4.74 Å². The molecule has 1 aromatic rings. The first kappa shape index (κ1) is 14.4. The molecule has 2 rings (SSSR count). The Morgan fingerprint density at radius 3 is 2.37 bits per heavy atom. The summed E-state index contributed by atoms with van der Waals surface area (Å²) in [5, 5.41) is 3.71. The molecule has 1 aliphatic rings. The van der Waals surface area contributed by atoms with Crippen molar-refractivity contribution in [1.82, 2.24) is 5.32 Å². The molecule has 0 heterocycles. The zero-order valence-corrected chi connectivity index (χ0v) is 12.8. The molecular formula is C17H27NO. The van der Waals surface area contributed by atoms with Gasteiger partial charge in [-0.05, 0) is 55.8 Å². The third kappa shape index (κ3) is 3.73. The van der Waals surface area contributed by atoms with Crippen LogP contribution >= 0.6 is 0 Å². The summed E-state index contributed by atoms with van der Waals surface area (Å²) in [7, 11) is 1.76. The van der Waals surface area contributed by atoms with Gasteiger partial charge in [0.2, 0.25) is 0 Å². The molecule has 0 saturated heterocycles. The van der Waals surface area contributed by atoms with Crippen molar-refractivity contribution in [1.29, 1.82) is 0 Å². The summed E-state index contributed by atoms with van der Waals surface area (Å²) < 4.78 is 5.46. The van der Waals surface area contributed by atoms with Gasteiger partial charge in [0.05, 0.1) is 7.11 Å². The van der Waals surface area contributed by atoms with E-state index in [9.17, 15) is 0 Å². The van der Waals surface area contributed by atoms with Crippen LogP contribution in [0.3, 0.4) is 0 Å². The maximum absolute atomic E-state index is 5.46. The van der Waals surface area contributed by atoms with E-state index in [1.54, 1.807) is 7.11 Å². The fourth-order valence-corrected chi connectivity index (χ4v) is 2.85. The molecule has 106 valence electrons. The van der Waals surface area contributed by atoms with Gasteiger partial charge >= 0.3 is 0 Å². The Morgan fingerprint density at radius 1 is 1.26 bits per heavy atom. The van der Waals surface area contributed by atoms with Crippen molar-refractivity contribution in [3.05, 3.63) is 28.8 Å². The van der Waals surface area contributed by atoms with Gasteiger partial charge in [0.25, 0.3) is 0 Å². The van der Waals surface area contributed by atoms with Crippen molar-refractivity contribution in [2.45, 2.75) is 52.5 Å². The summed E-state index contributed by atoms with van der Waals surface area (Å²) in [6.45, 7) is 7.61. The highest BCUT2D eigenvalue weighted by Gasteiger charge is 2.26. The smallest absolute Gasteiger partial charge is 0.124 e. The molecule has 1 aliphatic carbocycles. The normalized spacial score (nSPS) is 16.4. The molecule has 0 bridgehead atoms. The van der Waals surface area contributed by atoms with Gasteiger partial charge < -0.3 is 10.1 Å². The predicted octanol–water partition coefficient (Wildman–Crippen LogP) is 4.15. The van der Waals surface area contributed by atoms with Gasteiger partial charge in [-0.1, -0.05) is 31.9 Å². The van der Waals surface area contributed by atoms with Crippen LogP contribution in [-0.2, 0) is 0 Å². The van der Waals surface area contributed by atoms with Crippen LogP contribution < -0.4 is 10.1 Å². The van der Waals surface area contributed by atoms with Crippen molar-refractivity contribution < 1.29 is 4.74 Å². The van der Waals surface area contributed by atoms with Crippen LogP contribution in [0.15, 0.2) is 12.1 Å². The lowest BCUT2D eigenvalue weighted by atomic mass is 9.96. The standard InChI is InChI=1S/C17H27NO/c1-5-8-18-16(11-14-6-7-14)15-9-12(2)17(19-4)13(3)10-15/h9-10,14,16,18H,5-8,11H2,1-4H3. The maximum atomic E-state index is 5.46. The molecule has 1 N–H and O–H groups in total. The lowest BCUT2D eigenvalue weighted by molar-refractivity contribution is 0.407. The molecule has 0 spiro atoms. The number of hydrogen-bond acceptors (Lipinski definition) is 2. The molecule has 0 amide bonds. The molecule has 1 unspecified atom stereocenters. The van der Waals surface area contributed by atoms with Gasteiger partial charge in [-0.15, -0.1) is 0 Å². The van der Waals surface area contributed by atoms with Gasteiger partial charge in [-0.2, -0.15) is 0 Å². The molecule has 1 saturated carbocycles. The second-order valence-corrected chi connectivity index (χ2v) is 5.87. The second kappa shape index (κ2) is 6.42. The highest BCUT2D eigenvalue weighted by atomic mass is 16.5. The number of hydrogen-bond donors (Lipinski definition) is 1. The van der Waals surface area contributed by atoms with E-state index in [1.165, 1.54) is 42.4 Å². The molecular weight excluding hydrogens is 234 g/mol. The van der Waals surface area contributed by atoms with Crippen molar-refractivity contribution in [3.63, 3.8) is 0 Å². The minimum Gasteiger partial charge on any atom is -0.496 e. The number of aryl methyl sites for hydroxylation is 2. The quantitative estimate of drug-likeness (QED) is 0.796. The Morgan fingerprint density at radius 2 is 1.89 bits per heavy atom. The largest absolute Gasteiger partial charge is 0.496 e. The first-order chi connectivity index (χ1) is 9.15. The van der Waals surface area contributed by atoms with E-state index in [-0.39, 0.29) is 0 Å². The predicted molar refractivity (Wildman–Crippen MR) is 80.8 cm³/mol. The Hall–Kier alpha value is -1.02. The average molecular weight is 261 g/mol. The van der Waals surface area contributed by atoms with Crippen LogP contribution in [0.4, 0.5) is 0 Å². The first-order valence-corrected chi connectivity index (χ1v) is 7.54. The summed E-state index contributed by atoms with van der Waals surface area (Å²) in [5.41, 5.74) is 3.92. The average Bonchev–Trinajstić information content (AvgIpc) is 3.18. The van der Waals surface area contributed by atoms with Gasteiger partial charge in [0.15, 0.2) is 0 Å². The molecule has 2 nitrogen and oxygen atoms in total. The third-order valence-corrected chi connectivity index (χ3v) is 4.00. The molecule has 19 heavy (non-hydrogen) atoms. The van der Waals surface area contributed by atoms with Crippen molar-refractivity contribution >= 4 is 0 Å². The Kier molecular flexibility index (Phi) is 4.87. The zero-order chi connectivity index (χ0) is 13.8. The van der Waals surface area contributed by atoms with Crippen molar-refractivity contribution in [2.24, 2.45) is 5.92 Å². The zero-order valence-electron chi connectivity index (χ0n) is 12.8. The van der Waals surface area contributed by atoms with Crippen LogP contribution in [0, 0.1) is 19.8 Å². The first-order valence-electron chi connectivity index (χ1n) is 7.54. The minimum atomic E-state index is 0.510. The molecule has 0 aromatic heterocycles. The molecule has 1 atom stereocenters. The Balaban J connectivity index is 2.19. The highest BCUT2D eigenvalue weighted by molar-refractivity contribution is 5.44. The van der Waals surface area contributed by atoms with Gasteiger partial charge in [0.1, 0.15) is 5.75 Å². The second-order valence-electron chi connectivity index (χ2n) is 5.87. The van der Waals surface area contributed by atoms with Crippen LogP contribution in [0.25, 0.3) is 0 Å². The minimum absolute atomic E-state index is 0.510. The van der Waals surface area contributed by atoms with Crippen LogP contribution in [0.1, 0.15) is 55.3 Å². The molecule has 0 aliphatic heterocycles. The molecule has 1 fully saturated rings. The maximum Gasteiger partial charge on any atom is 0.124 e. The number of ether oxygens (including phenoxy) is 1. The van der Waals surface area contributed by atoms with E-state index in [0.29, 0.717) is 6.04 Å². The van der Waals surface area contributed by atoms with Crippen molar-refractivity contribution in [3.8, 4) is 5.75 Å². The van der Waals surface area contributed by atoms with E-state index in [0.717, 1.165) is 18.2 Å². The summed E-state index contributed by atoms with van der Waals surface area (Å²) in [5.74, 6) is 1.97. The monoisotopic (exact) mass is 261 g/mol. The van der Waals surface area contributed by atoms with Crippen LogP contribution in [0.5, 0.6) is 5.75 Å².